The van der Waals surface area contributed by atoms with Crippen LogP contribution in [0.2, 0.25) is 0 Å². The van der Waals surface area contributed by atoms with Crippen LogP contribution in [0.4, 0.5) is 0 Å². The third-order valence-corrected chi connectivity index (χ3v) is 5.28. The minimum absolute atomic E-state index is 0.114. The molecule has 1 fully saturated rings. The van der Waals surface area contributed by atoms with Crippen LogP contribution in [0.5, 0.6) is 0 Å². The highest BCUT2D eigenvalue weighted by Crippen LogP contribution is 2.30. The van der Waals surface area contributed by atoms with Crippen LogP contribution in [0, 0.1) is 12.8 Å². The lowest BCUT2D eigenvalue weighted by atomic mass is 10.1. The Labute approximate surface area is 122 Å². The molecule has 5 heteroatoms. The van der Waals surface area contributed by atoms with Gasteiger partial charge in [0.2, 0.25) is 10.0 Å². The molecule has 1 aliphatic rings. The van der Waals surface area contributed by atoms with Gasteiger partial charge in [0.1, 0.15) is 0 Å². The number of aryl methyl sites for hydroxylation is 1. The maximum Gasteiger partial charge on any atom is 0.240 e. The molecule has 2 rings (SSSR count). The molecule has 0 amide bonds. The second-order valence-electron chi connectivity index (χ2n) is 5.71. The minimum Gasteiger partial charge on any atom is -0.313 e. The quantitative estimate of drug-likeness (QED) is 0.758. The van der Waals surface area contributed by atoms with E-state index in [1.54, 1.807) is 12.1 Å². The summed E-state index contributed by atoms with van der Waals surface area (Å²) in [6.07, 6.45) is 2.01. The van der Waals surface area contributed by atoms with E-state index in [9.17, 15) is 8.42 Å². The molecule has 0 saturated heterocycles. The Hall–Kier alpha value is -0.910. The molecule has 2 N–H and O–H groups in total. The third-order valence-electron chi connectivity index (χ3n) is 3.79. The molecule has 0 radical (unpaired) electrons. The molecule has 0 aromatic heterocycles. The zero-order valence-corrected chi connectivity index (χ0v) is 13.3. The standard InChI is InChI=1S/C15H24N2O2S/c1-4-7-16-10-13-9-14(6-5-11(13)2)20(18,19)17-15-8-12(15)3/h5-6,9,12,15-17H,4,7-8,10H2,1-3H3. The fourth-order valence-corrected chi connectivity index (χ4v) is 3.57. The van der Waals surface area contributed by atoms with Crippen LogP contribution in [-0.4, -0.2) is 21.0 Å². The van der Waals surface area contributed by atoms with Crippen molar-refractivity contribution < 1.29 is 8.42 Å². The van der Waals surface area contributed by atoms with E-state index in [1.165, 1.54) is 0 Å². The molecule has 1 saturated carbocycles. The van der Waals surface area contributed by atoms with Crippen LogP contribution in [0.15, 0.2) is 23.1 Å². The molecule has 0 spiro atoms. The highest BCUT2D eigenvalue weighted by molar-refractivity contribution is 7.89. The van der Waals surface area contributed by atoms with Crippen molar-refractivity contribution in [3.63, 3.8) is 0 Å². The molecule has 2 unspecified atom stereocenters. The monoisotopic (exact) mass is 296 g/mol. The first-order valence-corrected chi connectivity index (χ1v) is 8.75. The molecule has 20 heavy (non-hydrogen) atoms. The van der Waals surface area contributed by atoms with E-state index in [2.05, 4.69) is 23.9 Å². The average Bonchev–Trinajstić information content (AvgIpc) is 3.06. The zero-order chi connectivity index (χ0) is 14.8. The molecule has 0 heterocycles. The van der Waals surface area contributed by atoms with Crippen molar-refractivity contribution in [2.45, 2.75) is 51.1 Å². The molecule has 1 aromatic carbocycles. The van der Waals surface area contributed by atoms with Crippen LogP contribution >= 0.6 is 0 Å². The molecule has 2 atom stereocenters. The zero-order valence-electron chi connectivity index (χ0n) is 12.4. The second-order valence-corrected chi connectivity index (χ2v) is 7.42. The van der Waals surface area contributed by atoms with E-state index in [4.69, 9.17) is 0 Å². The molecule has 112 valence electrons. The number of nitrogens with one attached hydrogen (secondary N) is 2. The highest BCUT2D eigenvalue weighted by Gasteiger charge is 2.36. The van der Waals surface area contributed by atoms with Gasteiger partial charge in [-0.2, -0.15) is 0 Å². The Balaban J connectivity index is 2.13. The first-order chi connectivity index (χ1) is 9.44. The number of rotatable bonds is 7. The lowest BCUT2D eigenvalue weighted by Crippen LogP contribution is -2.27. The van der Waals surface area contributed by atoms with Gasteiger partial charge < -0.3 is 5.32 Å². The van der Waals surface area contributed by atoms with Gasteiger partial charge in [-0.15, -0.1) is 0 Å². The van der Waals surface area contributed by atoms with Crippen LogP contribution in [-0.2, 0) is 16.6 Å². The van der Waals surface area contributed by atoms with Crippen LogP contribution in [0.1, 0.15) is 37.8 Å². The van der Waals surface area contributed by atoms with Crippen molar-refractivity contribution in [1.29, 1.82) is 0 Å². The van der Waals surface area contributed by atoms with Gasteiger partial charge in [0.05, 0.1) is 4.90 Å². The van der Waals surface area contributed by atoms with Crippen molar-refractivity contribution in [2.24, 2.45) is 5.92 Å². The average molecular weight is 296 g/mol. The lowest BCUT2D eigenvalue weighted by molar-refractivity contribution is 0.578. The van der Waals surface area contributed by atoms with Crippen molar-refractivity contribution in [3.05, 3.63) is 29.3 Å². The molecule has 4 nitrogen and oxygen atoms in total. The van der Waals surface area contributed by atoms with Crippen molar-refractivity contribution in [1.82, 2.24) is 10.0 Å². The predicted octanol–water partition coefficient (Wildman–Crippen LogP) is 2.18. The van der Waals surface area contributed by atoms with E-state index < -0.39 is 10.0 Å². The van der Waals surface area contributed by atoms with Gasteiger partial charge in [0.25, 0.3) is 0 Å². The maximum absolute atomic E-state index is 12.3. The van der Waals surface area contributed by atoms with Gasteiger partial charge in [0.15, 0.2) is 0 Å². The van der Waals surface area contributed by atoms with Crippen LogP contribution < -0.4 is 10.0 Å². The normalized spacial score (nSPS) is 21.9. The maximum atomic E-state index is 12.3. The molecular weight excluding hydrogens is 272 g/mol. The summed E-state index contributed by atoms with van der Waals surface area (Å²) in [5, 5.41) is 3.32. The van der Waals surface area contributed by atoms with Crippen molar-refractivity contribution in [3.8, 4) is 0 Å². The molecule has 0 bridgehead atoms. The lowest BCUT2D eigenvalue weighted by Gasteiger charge is -2.11. The van der Waals surface area contributed by atoms with Crippen LogP contribution in [0.25, 0.3) is 0 Å². The predicted molar refractivity (Wildman–Crippen MR) is 81.1 cm³/mol. The van der Waals surface area contributed by atoms with Gasteiger partial charge in [-0.1, -0.05) is 19.9 Å². The molecule has 1 aromatic rings. The van der Waals surface area contributed by atoms with Gasteiger partial charge in [-0.05, 0) is 55.5 Å². The smallest absolute Gasteiger partial charge is 0.240 e. The Kier molecular flexibility index (Phi) is 4.83. The fourth-order valence-electron chi connectivity index (χ4n) is 2.16. The van der Waals surface area contributed by atoms with Crippen molar-refractivity contribution >= 4 is 10.0 Å². The topological polar surface area (TPSA) is 58.2 Å². The summed E-state index contributed by atoms with van der Waals surface area (Å²) in [5.41, 5.74) is 2.16. The van der Waals surface area contributed by atoms with E-state index >= 15 is 0 Å². The molecule has 0 aliphatic heterocycles. The first-order valence-electron chi connectivity index (χ1n) is 7.26. The minimum atomic E-state index is -3.38. The van der Waals surface area contributed by atoms with Gasteiger partial charge in [0, 0.05) is 12.6 Å². The number of hydrogen-bond donors (Lipinski definition) is 2. The summed E-state index contributed by atoms with van der Waals surface area (Å²) in [4.78, 5) is 0.371. The van der Waals surface area contributed by atoms with E-state index in [1.807, 2.05) is 13.0 Å². The molecular formula is C15H24N2O2S. The second kappa shape index (κ2) is 6.24. The van der Waals surface area contributed by atoms with E-state index in [-0.39, 0.29) is 6.04 Å². The van der Waals surface area contributed by atoms with E-state index in [0.29, 0.717) is 17.4 Å². The molecule has 1 aliphatic carbocycles. The summed E-state index contributed by atoms with van der Waals surface area (Å²) < 4.78 is 27.3. The SMILES string of the molecule is CCCNCc1cc(S(=O)(=O)NC2CC2C)ccc1C. The summed E-state index contributed by atoms with van der Waals surface area (Å²) in [7, 11) is -3.38. The van der Waals surface area contributed by atoms with Crippen LogP contribution in [0.3, 0.4) is 0 Å². The number of benzene rings is 1. The summed E-state index contributed by atoms with van der Waals surface area (Å²) in [6, 6.07) is 5.47. The Morgan fingerprint density at radius 1 is 1.35 bits per heavy atom. The largest absolute Gasteiger partial charge is 0.313 e. The Morgan fingerprint density at radius 3 is 2.65 bits per heavy atom. The fraction of sp³-hybridized carbons (Fsp3) is 0.600. The first kappa shape index (κ1) is 15.5. The highest BCUT2D eigenvalue weighted by atomic mass is 32.2. The van der Waals surface area contributed by atoms with Gasteiger partial charge in [-0.25, -0.2) is 13.1 Å². The third kappa shape index (κ3) is 3.81. The van der Waals surface area contributed by atoms with E-state index in [0.717, 1.165) is 30.5 Å². The van der Waals surface area contributed by atoms with Gasteiger partial charge >= 0.3 is 0 Å². The summed E-state index contributed by atoms with van der Waals surface area (Å²) in [5.74, 6) is 0.459. The van der Waals surface area contributed by atoms with Gasteiger partial charge in [-0.3, -0.25) is 0 Å². The summed E-state index contributed by atoms with van der Waals surface area (Å²) in [6.45, 7) is 7.83. The number of hydrogen-bond acceptors (Lipinski definition) is 3. The Bertz CT molecular complexity index is 569. The van der Waals surface area contributed by atoms with Crippen molar-refractivity contribution in [2.75, 3.05) is 6.54 Å². The number of sulfonamides is 1. The Morgan fingerprint density at radius 2 is 2.05 bits per heavy atom. The summed E-state index contributed by atoms with van der Waals surface area (Å²) >= 11 is 0.